The van der Waals surface area contributed by atoms with Crippen LogP contribution in [0, 0.1) is 0 Å². The number of para-hydroxylation sites is 1. The van der Waals surface area contributed by atoms with Gasteiger partial charge < -0.3 is 10.6 Å². The molecule has 1 aliphatic rings. The monoisotopic (exact) mass is 366 g/mol. The van der Waals surface area contributed by atoms with Gasteiger partial charge in [-0.3, -0.25) is 0 Å². The number of carbonyl (C=O) groups excluding carboxylic acids is 1. The molecule has 1 unspecified atom stereocenters. The van der Waals surface area contributed by atoms with E-state index in [1.54, 1.807) is 10.9 Å². The van der Waals surface area contributed by atoms with Gasteiger partial charge in [-0.2, -0.15) is 5.10 Å². The Morgan fingerprint density at radius 1 is 1.19 bits per heavy atom. The maximum Gasteiger partial charge on any atom is 0.315 e. The van der Waals surface area contributed by atoms with Gasteiger partial charge >= 0.3 is 6.03 Å². The Hall–Kier alpha value is -2.79. The molecule has 0 bridgehead atoms. The summed E-state index contributed by atoms with van der Waals surface area (Å²) in [6.45, 7) is 0.424. The molecular formula is C20H19ClN4O. The number of rotatable bonds is 4. The van der Waals surface area contributed by atoms with Crippen molar-refractivity contribution in [3.63, 3.8) is 0 Å². The highest BCUT2D eigenvalue weighted by atomic mass is 35.5. The van der Waals surface area contributed by atoms with Gasteiger partial charge in [-0.15, -0.1) is 0 Å². The second-order valence-electron chi connectivity index (χ2n) is 6.35. The van der Waals surface area contributed by atoms with Gasteiger partial charge in [0.15, 0.2) is 0 Å². The Bertz CT molecular complexity index is 923. The summed E-state index contributed by atoms with van der Waals surface area (Å²) in [5.74, 6) is 0. The van der Waals surface area contributed by atoms with Crippen LogP contribution in [0.15, 0.2) is 60.9 Å². The van der Waals surface area contributed by atoms with Crippen LogP contribution in [0.4, 0.5) is 4.79 Å². The van der Waals surface area contributed by atoms with E-state index in [4.69, 9.17) is 11.6 Å². The molecular weight excluding hydrogens is 348 g/mol. The van der Waals surface area contributed by atoms with Crippen LogP contribution in [0.3, 0.4) is 0 Å². The predicted octanol–water partition coefficient (Wildman–Crippen LogP) is 4.01. The van der Waals surface area contributed by atoms with Crippen LogP contribution in [-0.2, 0) is 13.0 Å². The van der Waals surface area contributed by atoms with Gasteiger partial charge in [0, 0.05) is 23.3 Å². The molecule has 3 aromatic rings. The molecule has 0 fully saturated rings. The number of fused-ring (bicyclic) bond motifs is 1. The highest BCUT2D eigenvalue weighted by Crippen LogP contribution is 2.35. The molecule has 2 N–H and O–H groups in total. The van der Waals surface area contributed by atoms with Crippen LogP contribution in [0.2, 0.25) is 5.02 Å². The molecule has 1 heterocycles. The smallest absolute Gasteiger partial charge is 0.315 e. The van der Waals surface area contributed by atoms with Crippen molar-refractivity contribution in [1.29, 1.82) is 0 Å². The zero-order valence-electron chi connectivity index (χ0n) is 14.2. The van der Waals surface area contributed by atoms with Crippen LogP contribution in [0.1, 0.15) is 29.2 Å². The Morgan fingerprint density at radius 3 is 2.88 bits per heavy atom. The number of benzene rings is 2. The first kappa shape index (κ1) is 16.7. The normalized spacial score (nSPS) is 15.5. The van der Waals surface area contributed by atoms with Gasteiger partial charge in [0.2, 0.25) is 0 Å². The number of halogens is 1. The topological polar surface area (TPSA) is 59.0 Å². The van der Waals surface area contributed by atoms with Gasteiger partial charge in [-0.25, -0.2) is 9.48 Å². The van der Waals surface area contributed by atoms with E-state index in [0.717, 1.165) is 40.2 Å². The Morgan fingerprint density at radius 2 is 2.04 bits per heavy atom. The number of amides is 2. The van der Waals surface area contributed by atoms with Gasteiger partial charge in [0.25, 0.3) is 0 Å². The van der Waals surface area contributed by atoms with Gasteiger partial charge in [-0.05, 0) is 42.2 Å². The molecule has 1 aromatic heterocycles. The highest BCUT2D eigenvalue weighted by molar-refractivity contribution is 6.31. The molecule has 6 heteroatoms. The third-order valence-corrected chi connectivity index (χ3v) is 4.98. The maximum atomic E-state index is 12.3. The third-order valence-electron chi connectivity index (χ3n) is 4.63. The second kappa shape index (κ2) is 7.22. The van der Waals surface area contributed by atoms with Crippen LogP contribution < -0.4 is 10.6 Å². The number of aromatic nitrogens is 2. The van der Waals surface area contributed by atoms with E-state index in [1.807, 2.05) is 54.7 Å². The standard InChI is InChI=1S/C20H19ClN4O/c21-18-8-4-7-17-16(18)9-10-19(17)24-20(26)22-11-14-12-23-25(13-14)15-5-2-1-3-6-15/h1-8,12-13,19H,9-11H2,(H2,22,24,26). The summed E-state index contributed by atoms with van der Waals surface area (Å²) in [6, 6.07) is 15.6. The molecule has 0 saturated carbocycles. The van der Waals surface area contributed by atoms with E-state index >= 15 is 0 Å². The van der Waals surface area contributed by atoms with Crippen molar-refractivity contribution < 1.29 is 4.79 Å². The zero-order chi connectivity index (χ0) is 17.9. The Balaban J connectivity index is 1.34. The van der Waals surface area contributed by atoms with Crippen molar-refractivity contribution in [1.82, 2.24) is 20.4 Å². The van der Waals surface area contributed by atoms with Crippen molar-refractivity contribution in [2.75, 3.05) is 0 Å². The van der Waals surface area contributed by atoms with Crippen LogP contribution in [0.25, 0.3) is 5.69 Å². The summed E-state index contributed by atoms with van der Waals surface area (Å²) in [7, 11) is 0. The molecule has 0 spiro atoms. The number of nitrogens with one attached hydrogen (secondary N) is 2. The van der Waals surface area contributed by atoms with E-state index < -0.39 is 0 Å². The summed E-state index contributed by atoms with van der Waals surface area (Å²) in [4.78, 5) is 12.3. The quantitative estimate of drug-likeness (QED) is 0.732. The lowest BCUT2D eigenvalue weighted by Crippen LogP contribution is -2.36. The zero-order valence-corrected chi connectivity index (χ0v) is 14.9. The van der Waals surface area contributed by atoms with Crippen molar-refractivity contribution in [2.45, 2.75) is 25.4 Å². The number of hydrogen-bond acceptors (Lipinski definition) is 2. The average Bonchev–Trinajstić information content (AvgIpc) is 3.29. The highest BCUT2D eigenvalue weighted by Gasteiger charge is 2.25. The fraction of sp³-hybridized carbons (Fsp3) is 0.200. The fourth-order valence-corrected chi connectivity index (χ4v) is 3.60. The number of hydrogen-bond donors (Lipinski definition) is 2. The first-order valence-electron chi connectivity index (χ1n) is 8.61. The van der Waals surface area contributed by atoms with E-state index in [1.165, 1.54) is 0 Å². The predicted molar refractivity (Wildman–Crippen MR) is 101 cm³/mol. The minimum absolute atomic E-state index is 0.00995. The van der Waals surface area contributed by atoms with E-state index in [0.29, 0.717) is 6.54 Å². The van der Waals surface area contributed by atoms with E-state index in [-0.39, 0.29) is 12.1 Å². The summed E-state index contributed by atoms with van der Waals surface area (Å²) >= 11 is 6.23. The van der Waals surface area contributed by atoms with Crippen molar-refractivity contribution in [2.24, 2.45) is 0 Å². The van der Waals surface area contributed by atoms with Gasteiger partial charge in [-0.1, -0.05) is 41.9 Å². The first-order valence-corrected chi connectivity index (χ1v) is 8.99. The third kappa shape index (κ3) is 3.44. The van der Waals surface area contributed by atoms with Gasteiger partial charge in [0.1, 0.15) is 0 Å². The summed E-state index contributed by atoms with van der Waals surface area (Å²) < 4.78 is 1.80. The number of urea groups is 1. The first-order chi connectivity index (χ1) is 12.7. The molecule has 1 atom stereocenters. The molecule has 0 radical (unpaired) electrons. The largest absolute Gasteiger partial charge is 0.334 e. The lowest BCUT2D eigenvalue weighted by molar-refractivity contribution is 0.236. The Labute approximate surface area is 157 Å². The van der Waals surface area contributed by atoms with E-state index in [2.05, 4.69) is 15.7 Å². The summed E-state index contributed by atoms with van der Waals surface area (Å²) in [5, 5.41) is 11.1. The van der Waals surface area contributed by atoms with E-state index in [9.17, 15) is 4.79 Å². The molecule has 0 saturated heterocycles. The minimum atomic E-state index is -0.185. The summed E-state index contributed by atoms with van der Waals surface area (Å²) in [6.07, 6.45) is 5.44. The van der Waals surface area contributed by atoms with Crippen molar-refractivity contribution >= 4 is 17.6 Å². The lowest BCUT2D eigenvalue weighted by Gasteiger charge is -2.14. The van der Waals surface area contributed by atoms with Crippen LogP contribution in [0.5, 0.6) is 0 Å². The molecule has 132 valence electrons. The molecule has 1 aliphatic carbocycles. The van der Waals surface area contributed by atoms with Crippen LogP contribution >= 0.6 is 11.6 Å². The number of carbonyl (C=O) groups is 1. The molecule has 4 rings (SSSR count). The molecule has 5 nitrogen and oxygen atoms in total. The average molecular weight is 367 g/mol. The number of nitrogens with zero attached hydrogens (tertiary/aromatic N) is 2. The van der Waals surface area contributed by atoms with Gasteiger partial charge in [0.05, 0.1) is 17.9 Å². The molecule has 0 aliphatic heterocycles. The lowest BCUT2D eigenvalue weighted by atomic mass is 10.1. The maximum absolute atomic E-state index is 12.3. The van der Waals surface area contributed by atoms with Crippen molar-refractivity contribution in [3.8, 4) is 5.69 Å². The molecule has 2 aromatic carbocycles. The molecule has 26 heavy (non-hydrogen) atoms. The molecule has 2 amide bonds. The van der Waals surface area contributed by atoms with Crippen molar-refractivity contribution in [3.05, 3.63) is 82.6 Å². The minimum Gasteiger partial charge on any atom is -0.334 e. The summed E-state index contributed by atoms with van der Waals surface area (Å²) in [5.41, 5.74) is 4.19. The second-order valence-corrected chi connectivity index (χ2v) is 6.76. The SMILES string of the molecule is O=C(NCc1cnn(-c2ccccc2)c1)NC1CCc2c(Cl)cccc21. The van der Waals surface area contributed by atoms with Crippen LogP contribution in [-0.4, -0.2) is 15.8 Å². The fourth-order valence-electron chi connectivity index (χ4n) is 3.32. The Kier molecular flexibility index (Phi) is 4.63.